The lowest BCUT2D eigenvalue weighted by Crippen LogP contribution is -2.29. The SMILES string of the molecule is CCCn1ncnc1C(C)NC(=O)c1ccc(SC)cc1. The third-order valence-corrected chi connectivity index (χ3v) is 3.91. The van der Waals surface area contributed by atoms with Gasteiger partial charge in [-0.1, -0.05) is 6.92 Å². The summed E-state index contributed by atoms with van der Waals surface area (Å²) in [7, 11) is 0. The van der Waals surface area contributed by atoms with E-state index in [-0.39, 0.29) is 11.9 Å². The molecule has 0 saturated carbocycles. The van der Waals surface area contributed by atoms with Crippen molar-refractivity contribution in [2.24, 2.45) is 0 Å². The fraction of sp³-hybridized carbons (Fsp3) is 0.400. The van der Waals surface area contributed by atoms with Crippen molar-refractivity contribution < 1.29 is 4.79 Å². The van der Waals surface area contributed by atoms with Crippen LogP contribution in [0.5, 0.6) is 0 Å². The van der Waals surface area contributed by atoms with Crippen molar-refractivity contribution in [2.45, 2.75) is 37.8 Å². The zero-order valence-electron chi connectivity index (χ0n) is 12.5. The lowest BCUT2D eigenvalue weighted by Gasteiger charge is -2.14. The second-order valence-electron chi connectivity index (χ2n) is 4.77. The molecule has 21 heavy (non-hydrogen) atoms. The van der Waals surface area contributed by atoms with Gasteiger partial charge in [-0.25, -0.2) is 9.67 Å². The van der Waals surface area contributed by atoms with Gasteiger partial charge in [0.1, 0.15) is 12.2 Å². The van der Waals surface area contributed by atoms with Crippen LogP contribution >= 0.6 is 11.8 Å². The van der Waals surface area contributed by atoms with Crippen LogP contribution in [-0.4, -0.2) is 26.9 Å². The Hall–Kier alpha value is -1.82. The van der Waals surface area contributed by atoms with Crippen molar-refractivity contribution in [3.63, 3.8) is 0 Å². The number of hydrogen-bond acceptors (Lipinski definition) is 4. The van der Waals surface area contributed by atoms with Crippen LogP contribution in [0.25, 0.3) is 0 Å². The summed E-state index contributed by atoms with van der Waals surface area (Å²) in [5.74, 6) is 0.687. The molecule has 1 N–H and O–H groups in total. The molecule has 0 aliphatic heterocycles. The van der Waals surface area contributed by atoms with E-state index in [0.717, 1.165) is 23.7 Å². The van der Waals surface area contributed by atoms with Gasteiger partial charge in [0.15, 0.2) is 0 Å². The minimum atomic E-state index is -0.174. The lowest BCUT2D eigenvalue weighted by molar-refractivity contribution is 0.0937. The van der Waals surface area contributed by atoms with Gasteiger partial charge < -0.3 is 5.32 Å². The van der Waals surface area contributed by atoms with Crippen LogP contribution in [-0.2, 0) is 6.54 Å². The largest absolute Gasteiger partial charge is 0.342 e. The van der Waals surface area contributed by atoms with E-state index in [1.165, 1.54) is 6.33 Å². The molecule has 1 atom stereocenters. The lowest BCUT2D eigenvalue weighted by atomic mass is 10.2. The van der Waals surface area contributed by atoms with Crippen molar-refractivity contribution in [1.29, 1.82) is 0 Å². The summed E-state index contributed by atoms with van der Waals surface area (Å²) in [6.07, 6.45) is 4.52. The van der Waals surface area contributed by atoms with Gasteiger partial charge in [-0.15, -0.1) is 11.8 Å². The maximum Gasteiger partial charge on any atom is 0.251 e. The Morgan fingerprint density at radius 1 is 1.38 bits per heavy atom. The first-order valence-corrected chi connectivity index (χ1v) is 8.20. The van der Waals surface area contributed by atoms with Crippen LogP contribution in [0.4, 0.5) is 0 Å². The van der Waals surface area contributed by atoms with E-state index >= 15 is 0 Å². The van der Waals surface area contributed by atoms with Crippen LogP contribution in [0.2, 0.25) is 0 Å². The Morgan fingerprint density at radius 3 is 2.71 bits per heavy atom. The standard InChI is InChI=1S/C15H20N4OS/c1-4-9-19-14(16-10-17-19)11(2)18-15(20)12-5-7-13(21-3)8-6-12/h5-8,10-11H,4,9H2,1-3H3,(H,18,20). The van der Waals surface area contributed by atoms with E-state index in [4.69, 9.17) is 0 Å². The fourth-order valence-electron chi connectivity index (χ4n) is 2.08. The van der Waals surface area contributed by atoms with Gasteiger partial charge in [-0.3, -0.25) is 4.79 Å². The van der Waals surface area contributed by atoms with Crippen molar-refractivity contribution in [1.82, 2.24) is 20.1 Å². The number of rotatable bonds is 6. The summed E-state index contributed by atoms with van der Waals surface area (Å²) in [6.45, 7) is 4.81. The molecule has 0 radical (unpaired) electrons. The zero-order valence-corrected chi connectivity index (χ0v) is 13.4. The molecule has 2 rings (SSSR count). The highest BCUT2D eigenvalue weighted by Crippen LogP contribution is 2.16. The minimum absolute atomic E-state index is 0.0961. The average Bonchev–Trinajstić information content (AvgIpc) is 2.96. The average molecular weight is 304 g/mol. The van der Waals surface area contributed by atoms with E-state index in [1.807, 2.05) is 42.1 Å². The van der Waals surface area contributed by atoms with Crippen molar-refractivity contribution in [2.75, 3.05) is 6.26 Å². The molecule has 0 bridgehead atoms. The summed E-state index contributed by atoms with van der Waals surface area (Å²) in [4.78, 5) is 17.6. The number of amides is 1. The molecule has 0 spiro atoms. The second kappa shape index (κ2) is 7.26. The van der Waals surface area contributed by atoms with Gasteiger partial charge in [0.2, 0.25) is 0 Å². The van der Waals surface area contributed by atoms with Crippen LogP contribution in [0, 0.1) is 0 Å². The monoisotopic (exact) mass is 304 g/mol. The second-order valence-corrected chi connectivity index (χ2v) is 5.64. The molecule has 112 valence electrons. The molecule has 0 aliphatic carbocycles. The molecular formula is C15H20N4OS. The summed E-state index contributed by atoms with van der Waals surface area (Å²) in [5.41, 5.74) is 0.654. The number of aryl methyl sites for hydroxylation is 1. The summed E-state index contributed by atoms with van der Waals surface area (Å²) in [6, 6.07) is 7.40. The highest BCUT2D eigenvalue weighted by Gasteiger charge is 2.16. The summed E-state index contributed by atoms with van der Waals surface area (Å²) >= 11 is 1.66. The normalized spacial score (nSPS) is 12.1. The van der Waals surface area contributed by atoms with Crippen LogP contribution in [0.1, 0.15) is 42.5 Å². The third-order valence-electron chi connectivity index (χ3n) is 3.17. The maximum absolute atomic E-state index is 12.2. The van der Waals surface area contributed by atoms with Gasteiger partial charge >= 0.3 is 0 Å². The van der Waals surface area contributed by atoms with Gasteiger partial charge in [0.05, 0.1) is 6.04 Å². The topological polar surface area (TPSA) is 59.8 Å². The van der Waals surface area contributed by atoms with E-state index < -0.39 is 0 Å². The summed E-state index contributed by atoms with van der Waals surface area (Å²) < 4.78 is 1.84. The van der Waals surface area contributed by atoms with E-state index in [1.54, 1.807) is 11.8 Å². The molecule has 0 saturated heterocycles. The Labute approximate surface area is 129 Å². The zero-order chi connectivity index (χ0) is 15.2. The molecule has 2 aromatic rings. The van der Waals surface area contributed by atoms with Crippen LogP contribution in [0.15, 0.2) is 35.5 Å². The third kappa shape index (κ3) is 3.85. The molecular weight excluding hydrogens is 284 g/mol. The maximum atomic E-state index is 12.2. The Kier molecular flexibility index (Phi) is 5.38. The Balaban J connectivity index is 2.05. The number of carbonyl (C=O) groups excluding carboxylic acids is 1. The first-order valence-electron chi connectivity index (χ1n) is 6.98. The molecule has 5 nitrogen and oxygen atoms in total. The number of carbonyl (C=O) groups is 1. The molecule has 1 heterocycles. The number of nitrogens with zero attached hydrogens (tertiary/aromatic N) is 3. The number of hydrogen-bond donors (Lipinski definition) is 1. The first-order chi connectivity index (χ1) is 10.2. The molecule has 0 fully saturated rings. The Morgan fingerprint density at radius 2 is 2.10 bits per heavy atom. The number of thioether (sulfide) groups is 1. The number of aromatic nitrogens is 3. The molecule has 1 unspecified atom stereocenters. The van der Waals surface area contributed by atoms with Gasteiger partial charge in [-0.2, -0.15) is 5.10 Å². The van der Waals surface area contributed by atoms with Gasteiger partial charge in [-0.05, 0) is 43.9 Å². The quantitative estimate of drug-likeness (QED) is 0.834. The fourth-order valence-corrected chi connectivity index (χ4v) is 2.49. The molecule has 1 amide bonds. The van der Waals surface area contributed by atoms with E-state index in [2.05, 4.69) is 22.3 Å². The highest BCUT2D eigenvalue weighted by atomic mass is 32.2. The smallest absolute Gasteiger partial charge is 0.251 e. The molecule has 6 heteroatoms. The number of nitrogens with one attached hydrogen (secondary N) is 1. The molecule has 1 aromatic carbocycles. The van der Waals surface area contributed by atoms with Gasteiger partial charge in [0, 0.05) is 17.0 Å². The molecule has 1 aromatic heterocycles. The summed E-state index contributed by atoms with van der Waals surface area (Å²) in [5, 5.41) is 7.15. The van der Waals surface area contributed by atoms with Crippen molar-refractivity contribution >= 4 is 17.7 Å². The first kappa shape index (κ1) is 15.6. The van der Waals surface area contributed by atoms with E-state index in [0.29, 0.717) is 5.56 Å². The molecule has 0 aliphatic rings. The predicted octanol–water partition coefficient (Wildman–Crippen LogP) is 2.90. The van der Waals surface area contributed by atoms with Crippen LogP contribution < -0.4 is 5.32 Å². The van der Waals surface area contributed by atoms with Crippen molar-refractivity contribution in [3.05, 3.63) is 42.0 Å². The van der Waals surface area contributed by atoms with Crippen LogP contribution in [0.3, 0.4) is 0 Å². The van der Waals surface area contributed by atoms with Crippen molar-refractivity contribution in [3.8, 4) is 0 Å². The van der Waals surface area contributed by atoms with Gasteiger partial charge in [0.25, 0.3) is 5.91 Å². The highest BCUT2D eigenvalue weighted by molar-refractivity contribution is 7.98. The van der Waals surface area contributed by atoms with E-state index in [9.17, 15) is 4.79 Å². The predicted molar refractivity (Wildman–Crippen MR) is 84.4 cm³/mol. The minimum Gasteiger partial charge on any atom is -0.342 e. The Bertz CT molecular complexity index is 594. The number of benzene rings is 1.